The van der Waals surface area contributed by atoms with E-state index in [0.29, 0.717) is 10.9 Å². The number of hydrogen-bond donors (Lipinski definition) is 0. The summed E-state index contributed by atoms with van der Waals surface area (Å²) in [6.07, 6.45) is -1.37. The van der Waals surface area contributed by atoms with E-state index in [2.05, 4.69) is 21.8 Å². The lowest BCUT2D eigenvalue weighted by molar-refractivity contribution is 0.125. The molecule has 0 saturated carbocycles. The third-order valence-electron chi connectivity index (χ3n) is 4.01. The summed E-state index contributed by atoms with van der Waals surface area (Å²) in [5.74, 6) is 0. The van der Waals surface area contributed by atoms with Crippen LogP contribution >= 0.6 is 0 Å². The SMILES string of the molecule is CN1CCN(c2ccc3c(=O)n(CC(F)F)cnc3c2)CC1. The Morgan fingerprint density at radius 2 is 1.95 bits per heavy atom. The van der Waals surface area contributed by atoms with E-state index >= 15 is 0 Å². The van der Waals surface area contributed by atoms with Crippen LogP contribution in [0.5, 0.6) is 0 Å². The van der Waals surface area contributed by atoms with Crippen molar-refractivity contribution in [1.29, 1.82) is 0 Å². The van der Waals surface area contributed by atoms with Gasteiger partial charge in [-0.25, -0.2) is 13.8 Å². The van der Waals surface area contributed by atoms with E-state index in [-0.39, 0.29) is 0 Å². The highest BCUT2D eigenvalue weighted by molar-refractivity contribution is 5.81. The van der Waals surface area contributed by atoms with Crippen molar-refractivity contribution in [3.05, 3.63) is 34.9 Å². The van der Waals surface area contributed by atoms with Gasteiger partial charge in [-0.2, -0.15) is 0 Å². The molecule has 118 valence electrons. The van der Waals surface area contributed by atoms with Gasteiger partial charge in [0, 0.05) is 31.9 Å². The third kappa shape index (κ3) is 2.94. The Kier molecular flexibility index (Phi) is 4.06. The van der Waals surface area contributed by atoms with E-state index in [0.717, 1.165) is 36.4 Å². The second kappa shape index (κ2) is 6.00. The molecule has 1 aliphatic rings. The zero-order valence-corrected chi connectivity index (χ0v) is 12.4. The van der Waals surface area contributed by atoms with Gasteiger partial charge in [-0.15, -0.1) is 0 Å². The number of hydrogen-bond acceptors (Lipinski definition) is 4. The molecule has 0 unspecified atom stereocenters. The van der Waals surface area contributed by atoms with Gasteiger partial charge in [-0.05, 0) is 25.2 Å². The third-order valence-corrected chi connectivity index (χ3v) is 4.01. The molecule has 2 heterocycles. The molecule has 1 aromatic carbocycles. The molecule has 0 amide bonds. The van der Waals surface area contributed by atoms with Gasteiger partial charge in [-0.1, -0.05) is 0 Å². The number of benzene rings is 1. The molecule has 2 aromatic rings. The first kappa shape index (κ1) is 14.9. The van der Waals surface area contributed by atoms with Crippen LogP contribution in [-0.2, 0) is 6.54 Å². The molecule has 1 fully saturated rings. The zero-order chi connectivity index (χ0) is 15.7. The largest absolute Gasteiger partial charge is 0.369 e. The number of piperazine rings is 1. The maximum absolute atomic E-state index is 12.4. The van der Waals surface area contributed by atoms with E-state index in [4.69, 9.17) is 0 Å². The summed E-state index contributed by atoms with van der Waals surface area (Å²) in [6, 6.07) is 5.40. The summed E-state index contributed by atoms with van der Waals surface area (Å²) in [6.45, 7) is 3.19. The van der Waals surface area contributed by atoms with Gasteiger partial charge < -0.3 is 9.80 Å². The first-order valence-corrected chi connectivity index (χ1v) is 7.25. The lowest BCUT2D eigenvalue weighted by Crippen LogP contribution is -2.44. The van der Waals surface area contributed by atoms with Gasteiger partial charge in [0.1, 0.15) is 0 Å². The second-order valence-corrected chi connectivity index (χ2v) is 5.58. The maximum atomic E-state index is 12.4. The average Bonchev–Trinajstić information content (AvgIpc) is 2.50. The van der Waals surface area contributed by atoms with Crippen molar-refractivity contribution in [1.82, 2.24) is 14.5 Å². The molecule has 0 radical (unpaired) electrons. The molecular formula is C15H18F2N4O. The number of aromatic nitrogens is 2. The van der Waals surface area contributed by atoms with Crippen LogP contribution in [0.25, 0.3) is 10.9 Å². The Balaban J connectivity index is 1.92. The fourth-order valence-corrected chi connectivity index (χ4v) is 2.69. The van der Waals surface area contributed by atoms with E-state index in [1.54, 1.807) is 6.07 Å². The van der Waals surface area contributed by atoms with Crippen LogP contribution in [0.15, 0.2) is 29.3 Å². The smallest absolute Gasteiger partial charge is 0.261 e. The van der Waals surface area contributed by atoms with Crippen LogP contribution in [0.1, 0.15) is 0 Å². The van der Waals surface area contributed by atoms with Gasteiger partial charge in [0.2, 0.25) is 0 Å². The topological polar surface area (TPSA) is 41.4 Å². The fraction of sp³-hybridized carbons (Fsp3) is 0.467. The van der Waals surface area contributed by atoms with Crippen LogP contribution in [-0.4, -0.2) is 54.1 Å². The van der Waals surface area contributed by atoms with Gasteiger partial charge in [0.25, 0.3) is 12.0 Å². The van der Waals surface area contributed by atoms with Crippen LogP contribution in [0.3, 0.4) is 0 Å². The quantitative estimate of drug-likeness (QED) is 0.860. The molecular weight excluding hydrogens is 290 g/mol. The van der Waals surface area contributed by atoms with Crippen LogP contribution in [0.2, 0.25) is 0 Å². The summed E-state index contributed by atoms with van der Waals surface area (Å²) in [4.78, 5) is 20.8. The Labute approximate surface area is 126 Å². The predicted molar refractivity (Wildman–Crippen MR) is 81.7 cm³/mol. The minimum atomic E-state index is -2.57. The van der Waals surface area contributed by atoms with Crippen molar-refractivity contribution in [3.8, 4) is 0 Å². The average molecular weight is 308 g/mol. The fourth-order valence-electron chi connectivity index (χ4n) is 2.69. The van der Waals surface area contributed by atoms with Crippen molar-refractivity contribution in [3.63, 3.8) is 0 Å². The minimum Gasteiger partial charge on any atom is -0.369 e. The second-order valence-electron chi connectivity index (χ2n) is 5.58. The number of rotatable bonds is 3. The molecule has 3 rings (SSSR count). The first-order chi connectivity index (χ1) is 10.5. The molecule has 1 aliphatic heterocycles. The normalized spacial score (nSPS) is 16.6. The van der Waals surface area contributed by atoms with Crippen molar-refractivity contribution >= 4 is 16.6 Å². The van der Waals surface area contributed by atoms with Crippen molar-refractivity contribution in [2.75, 3.05) is 38.1 Å². The van der Waals surface area contributed by atoms with E-state index in [9.17, 15) is 13.6 Å². The number of anilines is 1. The highest BCUT2D eigenvalue weighted by Crippen LogP contribution is 2.20. The van der Waals surface area contributed by atoms with Crippen LogP contribution < -0.4 is 10.5 Å². The summed E-state index contributed by atoms with van der Waals surface area (Å²) < 4.78 is 25.8. The van der Waals surface area contributed by atoms with Crippen LogP contribution in [0, 0.1) is 0 Å². The van der Waals surface area contributed by atoms with Crippen LogP contribution in [0.4, 0.5) is 14.5 Å². The molecule has 1 aromatic heterocycles. The number of fused-ring (bicyclic) bond motifs is 1. The molecule has 0 spiro atoms. The Bertz CT molecular complexity index is 723. The van der Waals surface area contributed by atoms with Gasteiger partial charge in [0.05, 0.1) is 23.8 Å². The summed E-state index contributed by atoms with van der Waals surface area (Å²) >= 11 is 0. The standard InChI is InChI=1S/C15H18F2N4O/c1-19-4-6-20(7-5-19)11-2-3-12-13(8-11)18-10-21(15(12)22)9-14(16)17/h2-3,8,10,14H,4-7,9H2,1H3. The van der Waals surface area contributed by atoms with E-state index in [1.807, 2.05) is 12.1 Å². The summed E-state index contributed by atoms with van der Waals surface area (Å²) in [5.41, 5.74) is 1.14. The molecule has 7 heteroatoms. The highest BCUT2D eigenvalue weighted by atomic mass is 19.3. The molecule has 1 saturated heterocycles. The first-order valence-electron chi connectivity index (χ1n) is 7.25. The number of halogens is 2. The van der Waals surface area contributed by atoms with Gasteiger partial charge in [-0.3, -0.25) is 9.36 Å². The van der Waals surface area contributed by atoms with Crippen molar-refractivity contribution < 1.29 is 8.78 Å². The number of alkyl halides is 2. The summed E-state index contributed by atoms with van der Waals surface area (Å²) in [5, 5.41) is 0.376. The number of nitrogens with zero attached hydrogens (tertiary/aromatic N) is 4. The lowest BCUT2D eigenvalue weighted by Gasteiger charge is -2.34. The Morgan fingerprint density at radius 1 is 1.23 bits per heavy atom. The van der Waals surface area contributed by atoms with Crippen molar-refractivity contribution in [2.45, 2.75) is 13.0 Å². The predicted octanol–water partition coefficient (Wildman–Crippen LogP) is 1.41. The minimum absolute atomic E-state index is 0.376. The Morgan fingerprint density at radius 3 is 2.64 bits per heavy atom. The molecule has 22 heavy (non-hydrogen) atoms. The molecule has 0 aliphatic carbocycles. The molecule has 0 atom stereocenters. The molecule has 5 nitrogen and oxygen atoms in total. The van der Waals surface area contributed by atoms with Gasteiger partial charge >= 0.3 is 0 Å². The monoisotopic (exact) mass is 308 g/mol. The van der Waals surface area contributed by atoms with Gasteiger partial charge in [0.15, 0.2) is 0 Å². The molecule has 0 N–H and O–H groups in total. The van der Waals surface area contributed by atoms with E-state index in [1.165, 1.54) is 6.33 Å². The summed E-state index contributed by atoms with van der Waals surface area (Å²) in [7, 11) is 2.09. The molecule has 0 bridgehead atoms. The highest BCUT2D eigenvalue weighted by Gasteiger charge is 2.15. The number of likely N-dealkylation sites (N-methyl/N-ethyl adjacent to an activating group) is 1. The lowest BCUT2D eigenvalue weighted by atomic mass is 10.2. The Hall–Kier alpha value is -2.02. The van der Waals surface area contributed by atoms with Crippen molar-refractivity contribution in [2.24, 2.45) is 0 Å². The maximum Gasteiger partial charge on any atom is 0.261 e. The zero-order valence-electron chi connectivity index (χ0n) is 12.4. The van der Waals surface area contributed by atoms with E-state index < -0.39 is 18.5 Å².